The minimum Gasteiger partial charge on any atom is -0.494 e. The van der Waals surface area contributed by atoms with E-state index in [-0.39, 0.29) is 0 Å². The van der Waals surface area contributed by atoms with Gasteiger partial charge in [-0.05, 0) is 18.7 Å². The van der Waals surface area contributed by atoms with Crippen LogP contribution >= 0.6 is 0 Å². The zero-order valence-corrected chi connectivity index (χ0v) is 8.47. The second kappa shape index (κ2) is 4.18. The molecule has 0 fully saturated rings. The fourth-order valence-electron chi connectivity index (χ4n) is 1.37. The minimum atomic E-state index is 0.525. The number of benzene rings is 1. The van der Waals surface area contributed by atoms with Crippen LogP contribution in [0, 0.1) is 0 Å². The van der Waals surface area contributed by atoms with Gasteiger partial charge < -0.3 is 10.5 Å². The third-order valence-electron chi connectivity index (χ3n) is 2.08. The molecule has 0 atom stereocenters. The lowest BCUT2D eigenvalue weighted by Crippen LogP contribution is -2.07. The normalized spacial score (nSPS) is 10.5. The van der Waals surface area contributed by atoms with E-state index >= 15 is 0 Å². The van der Waals surface area contributed by atoms with Gasteiger partial charge >= 0.3 is 0 Å². The van der Waals surface area contributed by atoms with Crippen LogP contribution in [0.5, 0.6) is 5.75 Å². The van der Waals surface area contributed by atoms with Crippen LogP contribution in [0.25, 0.3) is 11.0 Å². The molecule has 0 amide bonds. The molecule has 0 unspecified atom stereocenters. The summed E-state index contributed by atoms with van der Waals surface area (Å²) in [6.07, 6.45) is 0.639. The van der Waals surface area contributed by atoms with E-state index in [1.807, 2.05) is 18.2 Å². The summed E-state index contributed by atoms with van der Waals surface area (Å²) >= 11 is 0. The fraction of sp³-hybridized carbons (Fsp3) is 0.300. The summed E-state index contributed by atoms with van der Waals surface area (Å²) in [6.45, 7) is 0.525. The van der Waals surface area contributed by atoms with Crippen molar-refractivity contribution < 1.29 is 4.74 Å². The van der Waals surface area contributed by atoms with Gasteiger partial charge in [-0.2, -0.15) is 0 Å². The fourth-order valence-corrected chi connectivity index (χ4v) is 1.37. The highest BCUT2D eigenvalue weighted by atomic mass is 16.5. The molecular formula is C10H12N4O. The molecule has 78 valence electrons. The van der Waals surface area contributed by atoms with Crippen molar-refractivity contribution in [2.45, 2.75) is 6.42 Å². The highest BCUT2D eigenvalue weighted by Gasteiger charge is 2.05. The maximum Gasteiger partial charge on any atom is 0.153 e. The number of methoxy groups -OCH3 is 1. The zero-order chi connectivity index (χ0) is 10.7. The van der Waals surface area contributed by atoms with Gasteiger partial charge in [0.1, 0.15) is 5.75 Å². The first-order chi connectivity index (χ1) is 7.35. The van der Waals surface area contributed by atoms with Gasteiger partial charge in [0.2, 0.25) is 0 Å². The number of hydrogen-bond acceptors (Lipinski definition) is 5. The smallest absolute Gasteiger partial charge is 0.153 e. The van der Waals surface area contributed by atoms with Crippen LogP contribution in [0.1, 0.15) is 5.82 Å². The highest BCUT2D eigenvalue weighted by molar-refractivity contribution is 5.80. The van der Waals surface area contributed by atoms with Gasteiger partial charge in [-0.25, -0.2) is 4.98 Å². The van der Waals surface area contributed by atoms with Gasteiger partial charge in [0.15, 0.2) is 11.3 Å². The van der Waals surface area contributed by atoms with Crippen LogP contribution in [-0.2, 0) is 6.42 Å². The van der Waals surface area contributed by atoms with Crippen LogP contribution in [0.2, 0.25) is 0 Å². The Morgan fingerprint density at radius 2 is 2.20 bits per heavy atom. The summed E-state index contributed by atoms with van der Waals surface area (Å²) < 4.78 is 5.16. The van der Waals surface area contributed by atoms with E-state index in [1.165, 1.54) is 0 Å². The molecule has 5 heteroatoms. The van der Waals surface area contributed by atoms with Crippen LogP contribution in [0.4, 0.5) is 0 Å². The Hall–Kier alpha value is -1.75. The van der Waals surface area contributed by atoms with E-state index in [9.17, 15) is 0 Å². The second-order valence-corrected chi connectivity index (χ2v) is 3.09. The summed E-state index contributed by atoms with van der Waals surface area (Å²) in [5.74, 6) is 1.35. The zero-order valence-electron chi connectivity index (χ0n) is 8.47. The Balaban J connectivity index is 2.53. The third-order valence-corrected chi connectivity index (χ3v) is 2.08. The largest absolute Gasteiger partial charge is 0.494 e. The van der Waals surface area contributed by atoms with Gasteiger partial charge in [0, 0.05) is 6.42 Å². The van der Waals surface area contributed by atoms with E-state index < -0.39 is 0 Å². The molecule has 0 aliphatic rings. The number of fused-ring (bicyclic) bond motifs is 1. The van der Waals surface area contributed by atoms with Crippen molar-refractivity contribution in [1.29, 1.82) is 0 Å². The lowest BCUT2D eigenvalue weighted by atomic mass is 10.3. The van der Waals surface area contributed by atoms with E-state index in [0.717, 1.165) is 5.52 Å². The molecule has 0 saturated carbocycles. The van der Waals surface area contributed by atoms with Crippen LogP contribution < -0.4 is 10.5 Å². The minimum absolute atomic E-state index is 0.525. The van der Waals surface area contributed by atoms with Gasteiger partial charge in [0.05, 0.1) is 12.6 Å². The molecule has 0 radical (unpaired) electrons. The average Bonchev–Trinajstić information content (AvgIpc) is 2.28. The second-order valence-electron chi connectivity index (χ2n) is 3.09. The molecule has 0 bridgehead atoms. The summed E-state index contributed by atoms with van der Waals surface area (Å²) in [4.78, 5) is 4.34. The van der Waals surface area contributed by atoms with Crippen molar-refractivity contribution in [3.05, 3.63) is 24.0 Å². The topological polar surface area (TPSA) is 73.9 Å². The molecule has 1 aromatic heterocycles. The van der Waals surface area contributed by atoms with Crippen molar-refractivity contribution >= 4 is 11.0 Å². The first kappa shape index (κ1) is 9.79. The van der Waals surface area contributed by atoms with E-state index in [1.54, 1.807) is 7.11 Å². The number of aromatic nitrogens is 3. The highest BCUT2D eigenvalue weighted by Crippen LogP contribution is 2.20. The summed E-state index contributed by atoms with van der Waals surface area (Å²) in [6, 6.07) is 5.59. The molecule has 2 rings (SSSR count). The maximum atomic E-state index is 5.43. The monoisotopic (exact) mass is 204 g/mol. The molecule has 5 nitrogen and oxygen atoms in total. The van der Waals surface area contributed by atoms with Gasteiger partial charge in [-0.1, -0.05) is 6.07 Å². The molecule has 0 aliphatic heterocycles. The molecule has 0 spiro atoms. The number of rotatable bonds is 3. The standard InChI is InChI=1S/C10H12N4O/c1-15-8-4-2-3-7-10(8)14-13-9(12-7)5-6-11/h2-4H,5-6,11H2,1H3. The Morgan fingerprint density at radius 1 is 1.33 bits per heavy atom. The Morgan fingerprint density at radius 3 is 2.93 bits per heavy atom. The molecule has 2 N–H and O–H groups in total. The number of nitrogens with two attached hydrogens (primary N) is 1. The third kappa shape index (κ3) is 1.87. The number of hydrogen-bond donors (Lipinski definition) is 1. The van der Waals surface area contributed by atoms with Crippen LogP contribution in [0.15, 0.2) is 18.2 Å². The predicted molar refractivity (Wildman–Crippen MR) is 56.6 cm³/mol. The van der Waals surface area contributed by atoms with Gasteiger partial charge in [-0.3, -0.25) is 0 Å². The average molecular weight is 204 g/mol. The Bertz CT molecular complexity index is 472. The lowest BCUT2D eigenvalue weighted by molar-refractivity contribution is 0.418. The molecule has 0 aliphatic carbocycles. The first-order valence-electron chi connectivity index (χ1n) is 4.71. The predicted octanol–water partition coefficient (Wildman–Crippen LogP) is 0.535. The van der Waals surface area contributed by atoms with Crippen molar-refractivity contribution in [1.82, 2.24) is 15.2 Å². The van der Waals surface area contributed by atoms with Crippen molar-refractivity contribution in [3.63, 3.8) is 0 Å². The van der Waals surface area contributed by atoms with Gasteiger partial charge in [0.25, 0.3) is 0 Å². The van der Waals surface area contributed by atoms with E-state index in [4.69, 9.17) is 10.5 Å². The summed E-state index contributed by atoms with van der Waals surface area (Å²) in [7, 11) is 1.60. The quantitative estimate of drug-likeness (QED) is 0.789. The molecule has 0 saturated heterocycles. The Labute approximate surface area is 87.3 Å². The van der Waals surface area contributed by atoms with Crippen molar-refractivity contribution in [3.8, 4) is 5.75 Å². The first-order valence-corrected chi connectivity index (χ1v) is 4.71. The lowest BCUT2D eigenvalue weighted by Gasteiger charge is -2.03. The SMILES string of the molecule is COc1cccc2nc(CCN)nnc12. The molecule has 15 heavy (non-hydrogen) atoms. The van der Waals surface area contributed by atoms with E-state index in [0.29, 0.717) is 30.1 Å². The summed E-state index contributed by atoms with van der Waals surface area (Å²) in [5, 5.41) is 8.06. The van der Waals surface area contributed by atoms with Crippen molar-refractivity contribution in [2.24, 2.45) is 5.73 Å². The Kier molecular flexibility index (Phi) is 2.73. The van der Waals surface area contributed by atoms with Gasteiger partial charge in [-0.15, -0.1) is 10.2 Å². The molecule has 1 heterocycles. The molecule has 1 aromatic carbocycles. The number of nitrogens with zero attached hydrogens (tertiary/aromatic N) is 3. The van der Waals surface area contributed by atoms with Crippen LogP contribution in [-0.4, -0.2) is 28.8 Å². The van der Waals surface area contributed by atoms with Crippen molar-refractivity contribution in [2.75, 3.05) is 13.7 Å². The van der Waals surface area contributed by atoms with E-state index in [2.05, 4.69) is 15.2 Å². The molecule has 2 aromatic rings. The maximum absolute atomic E-state index is 5.43. The number of ether oxygens (including phenoxy) is 1. The molecular weight excluding hydrogens is 192 g/mol. The van der Waals surface area contributed by atoms with Crippen LogP contribution in [0.3, 0.4) is 0 Å². The summed E-state index contributed by atoms with van der Waals surface area (Å²) in [5.41, 5.74) is 6.89.